The van der Waals surface area contributed by atoms with Gasteiger partial charge >= 0.3 is 54.1 Å². The molecule has 0 rings (SSSR count). The van der Waals surface area contributed by atoms with Crippen LogP contribution in [0.1, 0.15) is 20.3 Å². The number of hydrogen-bond acceptors (Lipinski definition) is 5. The first kappa shape index (κ1) is 40.8. The average Bonchev–Trinajstić information content (AvgIpc) is 2.36. The van der Waals surface area contributed by atoms with Crippen molar-refractivity contribution in [2.45, 2.75) is 20.3 Å². The van der Waals surface area contributed by atoms with Gasteiger partial charge in [0.2, 0.25) is 0 Å². The van der Waals surface area contributed by atoms with Crippen molar-refractivity contribution in [2.75, 3.05) is 32.7 Å². The van der Waals surface area contributed by atoms with Crippen LogP contribution >= 0.6 is 0 Å². The van der Waals surface area contributed by atoms with Crippen LogP contribution in [0.3, 0.4) is 0 Å². The molecule has 0 fully saturated rings. The van der Waals surface area contributed by atoms with E-state index < -0.39 is 37.0 Å². The maximum absolute atomic E-state index is 10.4. The fourth-order valence-corrected chi connectivity index (χ4v) is 1.38. The molecular weight excluding hydrogens is 726 g/mol. The van der Waals surface area contributed by atoms with Crippen molar-refractivity contribution in [1.82, 2.24) is 4.90 Å². The Balaban J connectivity index is -0.0000000758. The summed E-state index contributed by atoms with van der Waals surface area (Å²) in [4.78, 5) is 41.7. The van der Waals surface area contributed by atoms with Crippen LogP contribution in [0, 0.1) is 20.8 Å². The van der Waals surface area contributed by atoms with Crippen LogP contribution in [0.2, 0.25) is 0 Å². The van der Waals surface area contributed by atoms with Gasteiger partial charge in [0.25, 0.3) is 11.9 Å². The normalized spacial score (nSPS) is 9.59. The summed E-state index contributed by atoms with van der Waals surface area (Å²) in [6, 6.07) is 0. The van der Waals surface area contributed by atoms with E-state index in [2.05, 4.69) is 5.32 Å². The molecule has 4 N–H and O–H groups in total. The van der Waals surface area contributed by atoms with Crippen LogP contribution in [0.15, 0.2) is 0 Å². The number of nitrogens with zero attached hydrogens (tertiary/aromatic N) is 2. The molecule has 0 aromatic heterocycles. The third kappa shape index (κ3) is 36.8. The number of aliphatic carboxylic acids is 4. The molecular formula is C15H29N2O8Pt2+. The molecule has 0 amide bonds. The quantitative estimate of drug-likeness (QED) is 0.225. The van der Waals surface area contributed by atoms with Gasteiger partial charge < -0.3 is 40.6 Å². The summed E-state index contributed by atoms with van der Waals surface area (Å²) in [6.07, 6.45) is 0.912. The van der Waals surface area contributed by atoms with E-state index in [0.29, 0.717) is 12.5 Å². The molecule has 0 aliphatic rings. The van der Waals surface area contributed by atoms with Gasteiger partial charge in [0.05, 0.1) is 13.1 Å². The number of carboxylic acid groups (broad SMARTS) is 4. The van der Waals surface area contributed by atoms with Crippen LogP contribution in [0.4, 0.5) is 0 Å². The zero-order valence-corrected chi connectivity index (χ0v) is 20.3. The number of carbonyl (C=O) groups is 4. The summed E-state index contributed by atoms with van der Waals surface area (Å²) in [6.45, 7) is 3.17. The molecule has 1 atom stereocenters. The third-order valence-corrected chi connectivity index (χ3v) is 2.48. The van der Waals surface area contributed by atoms with Crippen LogP contribution in [-0.4, -0.2) is 81.9 Å². The number of rotatable bonds is 11. The third-order valence-electron chi connectivity index (χ3n) is 2.48. The average molecular weight is 756 g/mol. The van der Waals surface area contributed by atoms with Crippen molar-refractivity contribution < 1.29 is 81.7 Å². The van der Waals surface area contributed by atoms with Gasteiger partial charge in [-0.25, -0.2) is 0 Å². The van der Waals surface area contributed by atoms with E-state index in [1.165, 1.54) is 4.90 Å². The summed E-state index contributed by atoms with van der Waals surface area (Å²) in [7, 11) is 0. The second-order valence-electron chi connectivity index (χ2n) is 4.80. The minimum absolute atomic E-state index is 0. The van der Waals surface area contributed by atoms with E-state index in [9.17, 15) is 19.2 Å². The molecule has 0 aliphatic heterocycles. The molecule has 12 heteroatoms. The second-order valence-corrected chi connectivity index (χ2v) is 4.80. The molecule has 0 heterocycles. The maximum atomic E-state index is 10.4. The predicted octanol–water partition coefficient (Wildman–Crippen LogP) is 0.929. The van der Waals surface area contributed by atoms with Crippen molar-refractivity contribution in [1.29, 1.82) is 0 Å². The van der Waals surface area contributed by atoms with Crippen LogP contribution in [0.25, 0.3) is 5.32 Å². The fourth-order valence-electron chi connectivity index (χ4n) is 1.38. The monoisotopic (exact) mass is 755 g/mol. The van der Waals surface area contributed by atoms with E-state index in [1.807, 2.05) is 13.8 Å². The first-order valence-corrected chi connectivity index (χ1v) is 6.81. The van der Waals surface area contributed by atoms with Crippen molar-refractivity contribution >= 4 is 23.9 Å². The summed E-state index contributed by atoms with van der Waals surface area (Å²) in [5.41, 5.74) is 0. The van der Waals surface area contributed by atoms with E-state index in [1.54, 1.807) is 0 Å². The van der Waals surface area contributed by atoms with Crippen LogP contribution in [0.5, 0.6) is 0 Å². The second kappa shape index (κ2) is 25.2. The molecule has 27 heavy (non-hydrogen) atoms. The maximum Gasteiger partial charge on any atom is 2.00 e. The van der Waals surface area contributed by atoms with E-state index >= 15 is 0 Å². The Bertz CT molecular complexity index is 381. The smallest absolute Gasteiger partial charge is 0.644 e. The van der Waals surface area contributed by atoms with Gasteiger partial charge in [0, 0.05) is 6.54 Å². The van der Waals surface area contributed by atoms with E-state index in [4.69, 9.17) is 20.4 Å². The first-order valence-electron chi connectivity index (χ1n) is 6.81. The zero-order chi connectivity index (χ0) is 18.4. The SMILES string of the molecule is CCC(C)CN(CC(=O)O)CC(=O)O.O=C(O)C[N-]CC(=O)O.[CH3-].[CH3-].[Pt+2].[Pt+2]. The van der Waals surface area contributed by atoms with Crippen molar-refractivity contribution in [3.63, 3.8) is 0 Å². The van der Waals surface area contributed by atoms with Gasteiger partial charge in [-0.05, 0) is 19.0 Å². The summed E-state index contributed by atoms with van der Waals surface area (Å²) in [5, 5.41) is 36.1. The summed E-state index contributed by atoms with van der Waals surface area (Å²) >= 11 is 0. The van der Waals surface area contributed by atoms with Gasteiger partial charge in [0.1, 0.15) is 0 Å². The number of hydrogen-bond donors (Lipinski definition) is 4. The molecule has 0 aromatic carbocycles. The van der Waals surface area contributed by atoms with Crippen molar-refractivity contribution in [3.8, 4) is 0 Å². The molecule has 166 valence electrons. The van der Waals surface area contributed by atoms with Gasteiger partial charge in [-0.15, -0.1) is 0 Å². The standard InChI is InChI=1S/C9H17NO4.C4H6NO4.2CH3.2Pt/c1-3-7(2)4-10(5-8(11)12)6-9(13)14;6-3(7)1-5-2-4(8)9;;;;/h7H,3-6H2,1-2H3,(H,11,12)(H,13,14);1-2H2,(H,6,7)(H,8,9);2*1H3;;/q;3*-1;2*+2. The van der Waals surface area contributed by atoms with Gasteiger partial charge in [0.15, 0.2) is 0 Å². The molecule has 0 bridgehead atoms. The first-order chi connectivity index (χ1) is 10.6. The summed E-state index contributed by atoms with van der Waals surface area (Å²) in [5.74, 6) is -3.90. The van der Waals surface area contributed by atoms with Gasteiger partial charge in [-0.1, -0.05) is 20.3 Å². The van der Waals surface area contributed by atoms with E-state index in [-0.39, 0.29) is 70.1 Å². The molecule has 0 saturated carbocycles. The summed E-state index contributed by atoms with van der Waals surface area (Å²) < 4.78 is 0. The minimum Gasteiger partial charge on any atom is -0.644 e. The number of carboxylic acids is 4. The van der Waals surface area contributed by atoms with Crippen molar-refractivity contribution in [2.24, 2.45) is 5.92 Å². The minimum atomic E-state index is -1.11. The Morgan fingerprint density at radius 2 is 1.15 bits per heavy atom. The fraction of sp³-hybridized carbons (Fsp3) is 0.600. The molecule has 0 radical (unpaired) electrons. The Morgan fingerprint density at radius 3 is 1.37 bits per heavy atom. The largest absolute Gasteiger partial charge is 2.00 e. The molecule has 0 saturated heterocycles. The molecule has 1 unspecified atom stereocenters. The Kier molecular flexibility index (Phi) is 38.0. The van der Waals surface area contributed by atoms with Gasteiger partial charge in [-0.3, -0.25) is 24.1 Å². The molecule has 0 aliphatic carbocycles. The Morgan fingerprint density at radius 1 is 0.815 bits per heavy atom. The predicted molar refractivity (Wildman–Crippen MR) is 92.4 cm³/mol. The molecule has 0 aromatic rings. The van der Waals surface area contributed by atoms with Gasteiger partial charge in [-0.2, -0.15) is 0 Å². The van der Waals surface area contributed by atoms with E-state index in [0.717, 1.165) is 6.42 Å². The van der Waals surface area contributed by atoms with Crippen LogP contribution < -0.4 is 0 Å². The molecule has 10 nitrogen and oxygen atoms in total. The Hall–Kier alpha value is -0.823. The van der Waals surface area contributed by atoms with Crippen LogP contribution in [-0.2, 0) is 61.3 Å². The topological polar surface area (TPSA) is 167 Å². The molecule has 0 spiro atoms. The van der Waals surface area contributed by atoms with Crippen molar-refractivity contribution in [3.05, 3.63) is 20.2 Å². The zero-order valence-electron chi connectivity index (χ0n) is 15.8. The Labute approximate surface area is 189 Å².